The van der Waals surface area contributed by atoms with Crippen LogP contribution in [0, 0.1) is 18.6 Å². The minimum absolute atomic E-state index is 0.0458. The second-order valence-corrected chi connectivity index (χ2v) is 4.64. The number of carbonyl (C=O) groups excluding carboxylic acids is 1. The van der Waals surface area contributed by atoms with Gasteiger partial charge in [-0.2, -0.15) is 0 Å². The first-order valence-corrected chi connectivity index (χ1v) is 6.04. The molecule has 2 rings (SSSR count). The number of carbonyl (C=O) groups is 1. The molecule has 1 heterocycles. The number of aryl methyl sites for hydroxylation is 1. The van der Waals surface area contributed by atoms with E-state index in [1.807, 2.05) is 0 Å². The molecule has 5 heteroatoms. The summed E-state index contributed by atoms with van der Waals surface area (Å²) < 4.78 is 32.2. The molecule has 0 N–H and O–H groups in total. The highest BCUT2D eigenvalue weighted by atomic mass is 32.1. The average Bonchev–Trinajstić information content (AvgIpc) is 2.74. The van der Waals surface area contributed by atoms with Crippen molar-refractivity contribution in [2.75, 3.05) is 7.11 Å². The van der Waals surface area contributed by atoms with Crippen molar-refractivity contribution in [1.29, 1.82) is 0 Å². The van der Waals surface area contributed by atoms with Gasteiger partial charge in [-0.15, -0.1) is 11.3 Å². The van der Waals surface area contributed by atoms with Crippen LogP contribution in [0.1, 0.15) is 20.8 Å². The minimum atomic E-state index is -0.912. The second kappa shape index (κ2) is 4.86. The van der Waals surface area contributed by atoms with Crippen molar-refractivity contribution in [1.82, 2.24) is 0 Å². The van der Waals surface area contributed by atoms with Crippen LogP contribution in [0.25, 0.3) is 0 Å². The summed E-state index contributed by atoms with van der Waals surface area (Å²) in [7, 11) is 1.30. The Morgan fingerprint density at radius 2 is 1.89 bits per heavy atom. The second-order valence-electron chi connectivity index (χ2n) is 3.73. The van der Waals surface area contributed by atoms with Crippen LogP contribution >= 0.6 is 11.3 Å². The molecule has 0 unspecified atom stereocenters. The number of ether oxygens (including phenoxy) is 1. The van der Waals surface area contributed by atoms with E-state index >= 15 is 0 Å². The van der Waals surface area contributed by atoms with Gasteiger partial charge in [-0.05, 0) is 23.9 Å². The molecule has 1 aromatic heterocycles. The Morgan fingerprint density at radius 1 is 1.28 bits per heavy atom. The molecule has 94 valence electrons. The molecular weight excluding hydrogens is 258 g/mol. The largest absolute Gasteiger partial charge is 0.497 e. The number of benzene rings is 1. The molecule has 0 saturated heterocycles. The molecule has 2 aromatic rings. The number of thiophene rings is 1. The number of hydrogen-bond acceptors (Lipinski definition) is 3. The van der Waals surface area contributed by atoms with Gasteiger partial charge >= 0.3 is 0 Å². The van der Waals surface area contributed by atoms with E-state index < -0.39 is 23.0 Å². The van der Waals surface area contributed by atoms with E-state index in [0.29, 0.717) is 10.4 Å². The predicted octanol–water partition coefficient (Wildman–Crippen LogP) is 3.57. The third-order valence-corrected chi connectivity index (χ3v) is 3.56. The van der Waals surface area contributed by atoms with E-state index in [0.717, 1.165) is 12.1 Å². The highest BCUT2D eigenvalue weighted by molar-refractivity contribution is 7.12. The van der Waals surface area contributed by atoms with Gasteiger partial charge in [0.2, 0.25) is 5.78 Å². The smallest absolute Gasteiger partial charge is 0.209 e. The quantitative estimate of drug-likeness (QED) is 0.795. The molecule has 0 aliphatic carbocycles. The van der Waals surface area contributed by atoms with Gasteiger partial charge in [-0.25, -0.2) is 8.78 Å². The van der Waals surface area contributed by atoms with Crippen molar-refractivity contribution in [3.05, 3.63) is 51.2 Å². The third-order valence-electron chi connectivity index (χ3n) is 2.55. The van der Waals surface area contributed by atoms with Crippen molar-refractivity contribution in [2.24, 2.45) is 0 Å². The third kappa shape index (κ3) is 2.13. The van der Waals surface area contributed by atoms with E-state index in [-0.39, 0.29) is 5.75 Å². The maximum absolute atomic E-state index is 13.7. The zero-order chi connectivity index (χ0) is 13.3. The van der Waals surface area contributed by atoms with Crippen molar-refractivity contribution < 1.29 is 18.3 Å². The van der Waals surface area contributed by atoms with E-state index in [1.165, 1.54) is 18.4 Å². The molecular formula is C13H10F2O2S. The van der Waals surface area contributed by atoms with Gasteiger partial charge in [-0.3, -0.25) is 4.79 Å². The fourth-order valence-electron chi connectivity index (χ4n) is 1.60. The first kappa shape index (κ1) is 12.7. The molecule has 1 aromatic carbocycles. The van der Waals surface area contributed by atoms with E-state index in [1.54, 1.807) is 18.4 Å². The lowest BCUT2D eigenvalue weighted by Gasteiger charge is -2.06. The maximum atomic E-state index is 13.7. The van der Waals surface area contributed by atoms with Crippen LogP contribution < -0.4 is 4.74 Å². The normalized spacial score (nSPS) is 10.4. The number of rotatable bonds is 3. The molecule has 18 heavy (non-hydrogen) atoms. The average molecular weight is 268 g/mol. The van der Waals surface area contributed by atoms with E-state index in [4.69, 9.17) is 4.74 Å². The Morgan fingerprint density at radius 3 is 2.33 bits per heavy atom. The van der Waals surface area contributed by atoms with Gasteiger partial charge in [0, 0.05) is 12.1 Å². The van der Waals surface area contributed by atoms with Crippen molar-refractivity contribution >= 4 is 17.1 Å². The van der Waals surface area contributed by atoms with Gasteiger partial charge < -0.3 is 4.74 Å². The Bertz CT molecular complexity index is 582. The lowest BCUT2D eigenvalue weighted by atomic mass is 10.1. The number of ketones is 1. The fourth-order valence-corrected chi connectivity index (χ4v) is 2.47. The van der Waals surface area contributed by atoms with Crippen LogP contribution in [0.3, 0.4) is 0 Å². The Labute approximate surface area is 107 Å². The van der Waals surface area contributed by atoms with Crippen molar-refractivity contribution in [3.63, 3.8) is 0 Å². The van der Waals surface area contributed by atoms with Gasteiger partial charge in [0.15, 0.2) is 0 Å². The van der Waals surface area contributed by atoms with Crippen LogP contribution in [0.15, 0.2) is 23.6 Å². The van der Waals surface area contributed by atoms with Crippen LogP contribution in [0.5, 0.6) is 5.75 Å². The minimum Gasteiger partial charge on any atom is -0.497 e. The first-order chi connectivity index (χ1) is 8.54. The summed E-state index contributed by atoms with van der Waals surface area (Å²) in [4.78, 5) is 12.4. The molecule has 0 aliphatic heterocycles. The summed E-state index contributed by atoms with van der Waals surface area (Å²) in [6.07, 6.45) is 0. The standard InChI is InChI=1S/C13H10F2O2S/c1-7-3-4-18-13(7)12(16)11-9(14)5-8(17-2)6-10(11)15/h3-6H,1-2H3. The molecule has 0 atom stereocenters. The summed E-state index contributed by atoms with van der Waals surface area (Å²) in [5.41, 5.74) is 0.168. The lowest BCUT2D eigenvalue weighted by Crippen LogP contribution is -2.07. The van der Waals surface area contributed by atoms with Crippen LogP contribution in [0.4, 0.5) is 8.78 Å². The van der Waals surface area contributed by atoms with Crippen LogP contribution in [-0.4, -0.2) is 12.9 Å². The van der Waals surface area contributed by atoms with Crippen LogP contribution in [-0.2, 0) is 0 Å². The monoisotopic (exact) mass is 268 g/mol. The molecule has 2 nitrogen and oxygen atoms in total. The lowest BCUT2D eigenvalue weighted by molar-refractivity contribution is 0.103. The summed E-state index contributed by atoms with van der Waals surface area (Å²) in [5.74, 6) is -2.42. The highest BCUT2D eigenvalue weighted by Gasteiger charge is 2.22. The zero-order valence-corrected chi connectivity index (χ0v) is 10.6. The first-order valence-electron chi connectivity index (χ1n) is 5.16. The highest BCUT2D eigenvalue weighted by Crippen LogP contribution is 2.26. The molecule has 0 amide bonds. The van der Waals surface area contributed by atoms with Gasteiger partial charge in [-0.1, -0.05) is 0 Å². The van der Waals surface area contributed by atoms with Gasteiger partial charge in [0.1, 0.15) is 17.4 Å². The summed E-state index contributed by atoms with van der Waals surface area (Å²) in [5, 5.41) is 1.71. The summed E-state index contributed by atoms with van der Waals surface area (Å²) in [6.45, 7) is 1.73. The molecule has 0 spiro atoms. The van der Waals surface area contributed by atoms with Gasteiger partial charge in [0.05, 0.1) is 17.6 Å². The van der Waals surface area contributed by atoms with Crippen LogP contribution in [0.2, 0.25) is 0 Å². The molecule has 0 saturated carbocycles. The van der Waals surface area contributed by atoms with Gasteiger partial charge in [0.25, 0.3) is 0 Å². The Balaban J connectivity index is 2.52. The van der Waals surface area contributed by atoms with Crippen molar-refractivity contribution in [3.8, 4) is 5.75 Å². The zero-order valence-electron chi connectivity index (χ0n) is 9.79. The SMILES string of the molecule is COc1cc(F)c(C(=O)c2sccc2C)c(F)c1. The molecule has 0 bridgehead atoms. The van der Waals surface area contributed by atoms with E-state index in [9.17, 15) is 13.6 Å². The summed E-state index contributed by atoms with van der Waals surface area (Å²) >= 11 is 1.17. The number of methoxy groups -OCH3 is 1. The topological polar surface area (TPSA) is 26.3 Å². The molecule has 0 radical (unpaired) electrons. The van der Waals surface area contributed by atoms with E-state index in [2.05, 4.69) is 0 Å². The Hall–Kier alpha value is -1.75. The molecule has 0 aliphatic rings. The summed E-state index contributed by atoms with van der Waals surface area (Å²) in [6, 6.07) is 3.73. The van der Waals surface area contributed by atoms with Crippen molar-refractivity contribution in [2.45, 2.75) is 6.92 Å². The fraction of sp³-hybridized carbons (Fsp3) is 0.154. The molecule has 0 fully saturated rings. The predicted molar refractivity (Wildman–Crippen MR) is 65.4 cm³/mol. The maximum Gasteiger partial charge on any atom is 0.209 e. The Kier molecular flexibility index (Phi) is 3.43. The number of hydrogen-bond donors (Lipinski definition) is 0. The number of halogens is 2.